The largest absolute Gasteiger partial charge is 0.446 e. The summed E-state index contributed by atoms with van der Waals surface area (Å²) in [6, 6.07) is 21.1. The van der Waals surface area contributed by atoms with Crippen LogP contribution < -0.4 is 10.6 Å². The van der Waals surface area contributed by atoms with E-state index >= 15 is 0 Å². The quantitative estimate of drug-likeness (QED) is 0.570. The van der Waals surface area contributed by atoms with Gasteiger partial charge in [-0.15, -0.1) is 0 Å². The maximum atomic E-state index is 13.7. The molecule has 0 aliphatic rings. The second kappa shape index (κ2) is 10.2. The molecule has 3 aromatic rings. The van der Waals surface area contributed by atoms with Crippen molar-refractivity contribution in [3.05, 3.63) is 101 Å². The summed E-state index contributed by atoms with van der Waals surface area (Å²) < 4.78 is 19.1. The third kappa shape index (κ3) is 5.99. The van der Waals surface area contributed by atoms with Crippen molar-refractivity contribution in [3.8, 4) is 0 Å². The highest BCUT2D eigenvalue weighted by molar-refractivity contribution is 5.98. The number of anilines is 1. The number of benzene rings is 3. The number of carbonyl (C=O) groups excluding carboxylic acids is 3. The van der Waals surface area contributed by atoms with Crippen LogP contribution in [0.15, 0.2) is 78.9 Å². The third-order valence-corrected chi connectivity index (χ3v) is 4.42. The lowest BCUT2D eigenvalue weighted by Gasteiger charge is -2.18. The lowest BCUT2D eigenvalue weighted by atomic mass is 10.1. The fraction of sp³-hybridized carbons (Fsp3) is 0.125. The summed E-state index contributed by atoms with van der Waals surface area (Å²) in [5, 5.41) is 5.02. The Morgan fingerprint density at radius 2 is 1.55 bits per heavy atom. The maximum Gasteiger partial charge on any atom is 0.326 e. The van der Waals surface area contributed by atoms with Gasteiger partial charge in [-0.2, -0.15) is 0 Å². The predicted molar refractivity (Wildman–Crippen MR) is 114 cm³/mol. The van der Waals surface area contributed by atoms with Crippen molar-refractivity contribution in [1.29, 1.82) is 0 Å². The van der Waals surface area contributed by atoms with Crippen LogP contribution in [0.1, 0.15) is 27.6 Å². The van der Waals surface area contributed by atoms with E-state index in [0.29, 0.717) is 11.3 Å². The van der Waals surface area contributed by atoms with Crippen molar-refractivity contribution in [2.45, 2.75) is 13.0 Å². The molecule has 3 rings (SSSR count). The molecule has 1 atom stereocenters. The van der Waals surface area contributed by atoms with E-state index in [2.05, 4.69) is 10.6 Å². The lowest BCUT2D eigenvalue weighted by molar-refractivity contribution is -0.153. The lowest BCUT2D eigenvalue weighted by Crippen LogP contribution is -2.34. The first-order valence-electron chi connectivity index (χ1n) is 9.59. The molecular weight excluding hydrogens is 399 g/mol. The molecule has 3 aromatic carbocycles. The summed E-state index contributed by atoms with van der Waals surface area (Å²) in [5.74, 6) is -2.83. The van der Waals surface area contributed by atoms with Gasteiger partial charge in [-0.25, -0.2) is 4.39 Å². The minimum Gasteiger partial charge on any atom is -0.446 e. The van der Waals surface area contributed by atoms with Crippen LogP contribution in [0.3, 0.4) is 0 Å². The molecular formula is C24H21FN2O4. The van der Waals surface area contributed by atoms with E-state index in [1.54, 1.807) is 42.5 Å². The number of halogens is 1. The highest BCUT2D eigenvalue weighted by Gasteiger charge is 2.25. The third-order valence-electron chi connectivity index (χ3n) is 4.42. The fourth-order valence-corrected chi connectivity index (χ4v) is 2.81. The molecule has 0 saturated carbocycles. The summed E-state index contributed by atoms with van der Waals surface area (Å²) in [7, 11) is 0. The molecule has 2 amide bonds. The van der Waals surface area contributed by atoms with Crippen molar-refractivity contribution in [1.82, 2.24) is 5.32 Å². The second-order valence-corrected chi connectivity index (χ2v) is 6.80. The van der Waals surface area contributed by atoms with Crippen molar-refractivity contribution in [2.75, 3.05) is 11.9 Å². The van der Waals surface area contributed by atoms with Crippen LogP contribution in [-0.4, -0.2) is 24.3 Å². The van der Waals surface area contributed by atoms with Gasteiger partial charge in [-0.3, -0.25) is 14.4 Å². The van der Waals surface area contributed by atoms with Gasteiger partial charge in [0.25, 0.3) is 11.8 Å². The zero-order chi connectivity index (χ0) is 22.2. The molecule has 0 fully saturated rings. The monoisotopic (exact) mass is 420 g/mol. The number of amides is 2. The van der Waals surface area contributed by atoms with E-state index in [1.165, 1.54) is 18.2 Å². The van der Waals surface area contributed by atoms with E-state index in [0.717, 1.165) is 11.6 Å². The van der Waals surface area contributed by atoms with Crippen LogP contribution in [0.25, 0.3) is 0 Å². The number of hydrogen-bond donors (Lipinski definition) is 2. The molecule has 6 nitrogen and oxygen atoms in total. The van der Waals surface area contributed by atoms with Gasteiger partial charge in [-0.05, 0) is 31.2 Å². The summed E-state index contributed by atoms with van der Waals surface area (Å²) >= 11 is 0. The van der Waals surface area contributed by atoms with Crippen LogP contribution in [0.2, 0.25) is 0 Å². The first-order valence-corrected chi connectivity index (χ1v) is 9.59. The van der Waals surface area contributed by atoms with E-state index < -0.39 is 36.2 Å². The molecule has 0 aliphatic heterocycles. The minimum atomic E-state index is -1.22. The molecule has 7 heteroatoms. The van der Waals surface area contributed by atoms with Gasteiger partial charge >= 0.3 is 5.97 Å². The summed E-state index contributed by atoms with van der Waals surface area (Å²) in [4.78, 5) is 37.2. The Bertz CT molecular complexity index is 1070. The van der Waals surface area contributed by atoms with Gasteiger partial charge in [0.15, 0.2) is 0 Å². The van der Waals surface area contributed by atoms with Crippen molar-refractivity contribution < 1.29 is 23.5 Å². The fourth-order valence-electron chi connectivity index (χ4n) is 2.81. The van der Waals surface area contributed by atoms with Crippen molar-refractivity contribution in [3.63, 3.8) is 0 Å². The average molecular weight is 420 g/mol. The molecule has 2 N–H and O–H groups in total. The molecule has 0 spiro atoms. The molecule has 158 valence electrons. The van der Waals surface area contributed by atoms with Crippen molar-refractivity contribution in [2.24, 2.45) is 0 Å². The zero-order valence-corrected chi connectivity index (χ0v) is 16.8. The average Bonchev–Trinajstić information content (AvgIpc) is 2.78. The Hall–Kier alpha value is -4.00. The summed E-state index contributed by atoms with van der Waals surface area (Å²) in [6.45, 7) is 1.41. The molecule has 0 unspecified atom stereocenters. The highest BCUT2D eigenvalue weighted by atomic mass is 19.1. The van der Waals surface area contributed by atoms with Crippen LogP contribution in [0.4, 0.5) is 10.1 Å². The van der Waals surface area contributed by atoms with Gasteiger partial charge in [0, 0.05) is 11.3 Å². The Kier molecular flexibility index (Phi) is 7.11. The van der Waals surface area contributed by atoms with E-state index in [-0.39, 0.29) is 5.56 Å². The predicted octanol–water partition coefficient (Wildman–Crippen LogP) is 3.79. The van der Waals surface area contributed by atoms with Crippen LogP contribution >= 0.6 is 0 Å². The van der Waals surface area contributed by atoms with Crippen LogP contribution in [-0.2, 0) is 14.3 Å². The van der Waals surface area contributed by atoms with Crippen LogP contribution in [0.5, 0.6) is 0 Å². The van der Waals surface area contributed by atoms with E-state index in [9.17, 15) is 18.8 Å². The maximum absolute atomic E-state index is 13.7. The molecule has 0 bridgehead atoms. The summed E-state index contributed by atoms with van der Waals surface area (Å²) in [6.07, 6.45) is -1.22. The number of esters is 1. The first kappa shape index (κ1) is 21.7. The number of carbonyl (C=O) groups is 3. The van der Waals surface area contributed by atoms with Crippen molar-refractivity contribution >= 4 is 23.5 Å². The SMILES string of the molecule is Cc1ccc(NC(=O)[C@H](OC(=O)CNC(=O)c2ccccc2F)c2ccccc2)cc1. The Morgan fingerprint density at radius 3 is 2.23 bits per heavy atom. The molecule has 0 radical (unpaired) electrons. The van der Waals surface area contributed by atoms with Gasteiger partial charge in [-0.1, -0.05) is 60.2 Å². The smallest absolute Gasteiger partial charge is 0.326 e. The minimum absolute atomic E-state index is 0.188. The normalized spacial score (nSPS) is 11.3. The van der Waals surface area contributed by atoms with E-state index in [4.69, 9.17) is 4.74 Å². The zero-order valence-electron chi connectivity index (χ0n) is 16.8. The van der Waals surface area contributed by atoms with Gasteiger partial charge in [0.05, 0.1) is 5.56 Å². The van der Waals surface area contributed by atoms with Gasteiger partial charge in [0.1, 0.15) is 12.4 Å². The van der Waals surface area contributed by atoms with Crippen LogP contribution in [0, 0.1) is 12.7 Å². The highest BCUT2D eigenvalue weighted by Crippen LogP contribution is 2.20. The molecule has 0 heterocycles. The molecule has 0 aromatic heterocycles. The number of nitrogens with one attached hydrogen (secondary N) is 2. The topological polar surface area (TPSA) is 84.5 Å². The van der Waals surface area contributed by atoms with Gasteiger partial charge < -0.3 is 15.4 Å². The Morgan fingerprint density at radius 1 is 0.903 bits per heavy atom. The Labute approximate surface area is 179 Å². The second-order valence-electron chi connectivity index (χ2n) is 6.80. The first-order chi connectivity index (χ1) is 14.9. The number of hydrogen-bond acceptors (Lipinski definition) is 4. The molecule has 0 aliphatic carbocycles. The molecule has 31 heavy (non-hydrogen) atoms. The van der Waals surface area contributed by atoms with Gasteiger partial charge in [0.2, 0.25) is 6.10 Å². The molecule has 0 saturated heterocycles. The number of aryl methyl sites for hydroxylation is 1. The Balaban J connectivity index is 1.67. The number of ether oxygens (including phenoxy) is 1. The van der Waals surface area contributed by atoms with E-state index in [1.807, 2.05) is 19.1 Å². The number of rotatable bonds is 7. The summed E-state index contributed by atoms with van der Waals surface area (Å²) in [5.41, 5.74) is 1.88. The standard InChI is InChI=1S/C24H21FN2O4/c1-16-11-13-18(14-12-16)27-24(30)22(17-7-3-2-4-8-17)31-21(28)15-26-23(29)19-9-5-6-10-20(19)25/h2-14,22H,15H2,1H3,(H,26,29)(H,27,30)/t22-/m1/s1.